The number of nitrogens with zero attached hydrogens (tertiary/aromatic N) is 4. The Balaban J connectivity index is 1.62. The van der Waals surface area contributed by atoms with Gasteiger partial charge in [-0.2, -0.15) is 36.1 Å². The molecule has 0 bridgehead atoms. The quantitative estimate of drug-likeness (QED) is 0.230. The summed E-state index contributed by atoms with van der Waals surface area (Å²) < 4.78 is 81.5. The van der Waals surface area contributed by atoms with E-state index in [-0.39, 0.29) is 22.8 Å². The molecule has 5 nitrogen and oxygen atoms in total. The third-order valence-electron chi connectivity index (χ3n) is 5.69. The maximum absolute atomic E-state index is 13.4. The Morgan fingerprint density at radius 1 is 0.816 bits per heavy atom. The van der Waals surface area contributed by atoms with Crippen LogP contribution in [0.3, 0.4) is 0 Å². The molecule has 0 radical (unpaired) electrons. The number of halogens is 7. The molecule has 0 atom stereocenters. The largest absolute Gasteiger partial charge is 0.417 e. The number of alkyl halides is 6. The second kappa shape index (κ2) is 9.32. The highest BCUT2D eigenvalue weighted by molar-refractivity contribution is 6.31. The van der Waals surface area contributed by atoms with Gasteiger partial charge in [-0.05, 0) is 67.1 Å². The van der Waals surface area contributed by atoms with E-state index < -0.39 is 28.5 Å². The first-order chi connectivity index (χ1) is 17.9. The Bertz CT molecular complexity index is 1660. The first-order valence-electron chi connectivity index (χ1n) is 11.0. The van der Waals surface area contributed by atoms with Gasteiger partial charge in [-0.1, -0.05) is 23.7 Å². The van der Waals surface area contributed by atoms with Crippen LogP contribution in [-0.4, -0.2) is 19.8 Å². The molecule has 0 amide bonds. The topological polar surface area (TPSA) is 55.1 Å². The van der Waals surface area contributed by atoms with Crippen molar-refractivity contribution in [3.8, 4) is 22.4 Å². The molecule has 2 aromatic carbocycles. The van der Waals surface area contributed by atoms with Crippen molar-refractivity contribution in [2.75, 3.05) is 5.32 Å². The van der Waals surface area contributed by atoms with Gasteiger partial charge in [0.1, 0.15) is 11.5 Å². The molecule has 3 heterocycles. The maximum Gasteiger partial charge on any atom is 0.417 e. The van der Waals surface area contributed by atoms with Crippen molar-refractivity contribution in [2.24, 2.45) is 0 Å². The van der Waals surface area contributed by atoms with E-state index in [1.165, 1.54) is 29.0 Å². The summed E-state index contributed by atoms with van der Waals surface area (Å²) in [6, 6.07) is 14.8. The highest BCUT2D eigenvalue weighted by atomic mass is 35.5. The molecule has 0 saturated heterocycles. The third-order valence-corrected chi connectivity index (χ3v) is 6.02. The first kappa shape index (κ1) is 25.5. The van der Waals surface area contributed by atoms with E-state index in [0.29, 0.717) is 22.3 Å². The van der Waals surface area contributed by atoms with Gasteiger partial charge in [0, 0.05) is 23.0 Å². The van der Waals surface area contributed by atoms with Crippen molar-refractivity contribution < 1.29 is 26.3 Å². The van der Waals surface area contributed by atoms with E-state index >= 15 is 0 Å². The number of aryl methyl sites for hydroxylation is 1. The van der Waals surface area contributed by atoms with Crippen molar-refractivity contribution in [2.45, 2.75) is 19.3 Å². The van der Waals surface area contributed by atoms with Crippen molar-refractivity contribution >= 4 is 28.6 Å². The molecule has 1 N–H and O–H groups in total. The van der Waals surface area contributed by atoms with E-state index in [1.807, 2.05) is 0 Å². The molecule has 12 heteroatoms. The highest BCUT2D eigenvalue weighted by Crippen LogP contribution is 2.39. The Morgan fingerprint density at radius 3 is 2.34 bits per heavy atom. The predicted molar refractivity (Wildman–Crippen MR) is 131 cm³/mol. The molecule has 0 aliphatic rings. The number of hydrogen-bond acceptors (Lipinski definition) is 4. The summed E-state index contributed by atoms with van der Waals surface area (Å²) in [5.41, 5.74) is 0.887. The zero-order valence-electron chi connectivity index (χ0n) is 19.4. The third kappa shape index (κ3) is 5.01. The van der Waals surface area contributed by atoms with Gasteiger partial charge in [-0.3, -0.25) is 0 Å². The van der Waals surface area contributed by atoms with E-state index in [9.17, 15) is 26.3 Å². The summed E-state index contributed by atoms with van der Waals surface area (Å²) in [6.07, 6.45) is -7.77. The lowest BCUT2D eigenvalue weighted by molar-refractivity contribution is -0.138. The molecule has 5 aromatic rings. The Morgan fingerprint density at radius 2 is 1.61 bits per heavy atom. The number of benzene rings is 2. The average Bonchev–Trinajstić information content (AvgIpc) is 3.23. The van der Waals surface area contributed by atoms with Crippen LogP contribution < -0.4 is 5.32 Å². The van der Waals surface area contributed by atoms with E-state index in [1.54, 1.807) is 31.2 Å². The molecule has 3 aromatic heterocycles. The fourth-order valence-electron chi connectivity index (χ4n) is 3.98. The zero-order valence-corrected chi connectivity index (χ0v) is 20.1. The minimum atomic E-state index is -4.65. The summed E-state index contributed by atoms with van der Waals surface area (Å²) >= 11 is 5.71. The fraction of sp³-hybridized carbons (Fsp3) is 0.115. The van der Waals surface area contributed by atoms with Gasteiger partial charge >= 0.3 is 12.4 Å². The van der Waals surface area contributed by atoms with Crippen LogP contribution in [0.15, 0.2) is 72.9 Å². The summed E-state index contributed by atoms with van der Waals surface area (Å²) in [6.45, 7) is 1.75. The van der Waals surface area contributed by atoms with E-state index in [4.69, 9.17) is 11.6 Å². The molecule has 0 aliphatic carbocycles. The van der Waals surface area contributed by atoms with Crippen molar-refractivity contribution in [1.29, 1.82) is 0 Å². The summed E-state index contributed by atoms with van der Waals surface area (Å²) in [7, 11) is 0. The Labute approximate surface area is 216 Å². The van der Waals surface area contributed by atoms with Crippen LogP contribution in [0.2, 0.25) is 5.02 Å². The van der Waals surface area contributed by atoms with Crippen LogP contribution in [-0.2, 0) is 12.4 Å². The van der Waals surface area contributed by atoms with Crippen LogP contribution in [0.4, 0.5) is 37.8 Å². The lowest BCUT2D eigenvalue weighted by atomic mass is 9.99. The number of fused-ring (bicyclic) bond motifs is 1. The van der Waals surface area contributed by atoms with Gasteiger partial charge in [-0.15, -0.1) is 5.10 Å². The predicted octanol–water partition coefficient (Wildman–Crippen LogP) is 8.20. The van der Waals surface area contributed by atoms with Gasteiger partial charge < -0.3 is 5.32 Å². The molecular formula is C26H16ClF6N5. The normalized spacial score (nSPS) is 12.2. The fourth-order valence-corrected chi connectivity index (χ4v) is 4.21. The SMILES string of the molecule is Cc1ccc2c(-c3ccnc(Nc4ccc(Cl)c(C(F)(F)F)c4)c3)c(-c3cccc(C(F)(F)F)c3)nn2n1. The van der Waals surface area contributed by atoms with Crippen LogP contribution in [0, 0.1) is 6.92 Å². The summed E-state index contributed by atoms with van der Waals surface area (Å²) in [4.78, 5) is 4.18. The minimum Gasteiger partial charge on any atom is -0.340 e. The Hall–Kier alpha value is -4.12. The number of rotatable bonds is 4. The molecule has 0 aliphatic heterocycles. The smallest absolute Gasteiger partial charge is 0.340 e. The molecule has 5 rings (SSSR count). The van der Waals surface area contributed by atoms with Gasteiger partial charge in [0.2, 0.25) is 0 Å². The van der Waals surface area contributed by atoms with E-state index in [2.05, 4.69) is 20.5 Å². The summed E-state index contributed by atoms with van der Waals surface area (Å²) in [5, 5.41) is 11.2. The molecule has 38 heavy (non-hydrogen) atoms. The average molecular weight is 548 g/mol. The van der Waals surface area contributed by atoms with Crippen molar-refractivity contribution in [3.63, 3.8) is 0 Å². The minimum absolute atomic E-state index is 0.0987. The molecule has 0 saturated carbocycles. The van der Waals surface area contributed by atoms with Crippen LogP contribution >= 0.6 is 11.6 Å². The zero-order chi connectivity index (χ0) is 27.2. The molecule has 0 unspecified atom stereocenters. The monoisotopic (exact) mass is 547 g/mol. The van der Waals surface area contributed by atoms with Crippen molar-refractivity contribution in [1.82, 2.24) is 19.8 Å². The number of hydrogen-bond donors (Lipinski definition) is 1. The standard InChI is InChI=1S/C26H16ClF6N5/c1-14-5-8-21-23(24(37-38(21)36-14)16-3-2-4-17(11-16)25(28,29)30)15-9-10-34-22(12-15)35-18-6-7-20(27)19(13-18)26(31,32)33/h2-13H,1H3,(H,34,35). The lowest BCUT2D eigenvalue weighted by Crippen LogP contribution is -2.06. The number of pyridine rings is 1. The highest BCUT2D eigenvalue weighted by Gasteiger charge is 2.33. The number of aromatic nitrogens is 4. The number of nitrogens with one attached hydrogen (secondary N) is 1. The molecule has 0 spiro atoms. The number of anilines is 2. The van der Waals surface area contributed by atoms with Crippen LogP contribution in [0.5, 0.6) is 0 Å². The second-order valence-corrected chi connectivity index (χ2v) is 8.81. The van der Waals surface area contributed by atoms with Gasteiger partial charge in [-0.25, -0.2) is 4.98 Å². The Kier molecular flexibility index (Phi) is 6.26. The maximum atomic E-state index is 13.4. The molecule has 194 valence electrons. The van der Waals surface area contributed by atoms with Crippen LogP contribution in [0.25, 0.3) is 27.9 Å². The molecular weight excluding hydrogens is 532 g/mol. The first-order valence-corrected chi connectivity index (χ1v) is 11.4. The van der Waals surface area contributed by atoms with Crippen LogP contribution in [0.1, 0.15) is 16.8 Å². The van der Waals surface area contributed by atoms with Gasteiger partial charge in [0.25, 0.3) is 0 Å². The lowest BCUT2D eigenvalue weighted by Gasteiger charge is -2.13. The molecule has 0 fully saturated rings. The second-order valence-electron chi connectivity index (χ2n) is 8.40. The van der Waals surface area contributed by atoms with Gasteiger partial charge in [0.15, 0.2) is 0 Å². The summed E-state index contributed by atoms with van der Waals surface area (Å²) in [5.74, 6) is 0.201. The van der Waals surface area contributed by atoms with Gasteiger partial charge in [0.05, 0.1) is 27.4 Å². The van der Waals surface area contributed by atoms with Crippen molar-refractivity contribution in [3.05, 3.63) is 94.8 Å². The van der Waals surface area contributed by atoms with E-state index in [0.717, 1.165) is 24.3 Å².